The van der Waals surface area contributed by atoms with Crippen molar-refractivity contribution in [2.45, 2.75) is 51.0 Å². The molecule has 3 N–H and O–H groups in total. The lowest BCUT2D eigenvalue weighted by Gasteiger charge is -2.04. The Hall–Kier alpha value is -0.870. The fraction of sp³-hybridized carbons (Fsp3) is 0.750. The molecule has 0 aromatic rings. The molecule has 0 rings (SSSR count). The van der Waals surface area contributed by atoms with Crippen LogP contribution >= 0.6 is 0 Å². The molecule has 0 saturated carbocycles. The number of carboxylic acids is 1. The van der Waals surface area contributed by atoms with Gasteiger partial charge in [0, 0.05) is 6.42 Å². The molecule has 0 saturated heterocycles. The number of hydrogen-bond acceptors (Lipinski definition) is 3. The van der Waals surface area contributed by atoms with Crippen molar-refractivity contribution in [2.75, 3.05) is 6.61 Å². The van der Waals surface area contributed by atoms with Gasteiger partial charge in [-0.25, -0.2) is 0 Å². The smallest absolute Gasteiger partial charge is 0.303 e. The maximum atomic E-state index is 10.2. The maximum absolute atomic E-state index is 10.2. The van der Waals surface area contributed by atoms with Crippen molar-refractivity contribution in [1.82, 2.24) is 0 Å². The van der Waals surface area contributed by atoms with E-state index in [1.54, 1.807) is 6.08 Å². The Morgan fingerprint density at radius 3 is 2.38 bits per heavy atom. The van der Waals surface area contributed by atoms with E-state index in [9.17, 15) is 9.90 Å². The van der Waals surface area contributed by atoms with Gasteiger partial charge in [0.15, 0.2) is 0 Å². The zero-order valence-electron chi connectivity index (χ0n) is 9.64. The summed E-state index contributed by atoms with van der Waals surface area (Å²) >= 11 is 0. The van der Waals surface area contributed by atoms with Gasteiger partial charge in [0.2, 0.25) is 0 Å². The molecule has 0 aromatic carbocycles. The van der Waals surface area contributed by atoms with E-state index >= 15 is 0 Å². The van der Waals surface area contributed by atoms with Gasteiger partial charge in [0.05, 0.1) is 12.7 Å². The van der Waals surface area contributed by atoms with Gasteiger partial charge in [0.25, 0.3) is 0 Å². The fourth-order valence-corrected chi connectivity index (χ4v) is 1.47. The highest BCUT2D eigenvalue weighted by atomic mass is 16.4. The standard InChI is InChI=1S/C12H22O4/c13-10-6-8-11(14)7-4-2-1-3-5-9-12(15)16/h6,8,11,13-14H,1-5,7,9-10H2,(H,15,16)/b8-6+. The number of unbranched alkanes of at least 4 members (excludes halogenated alkanes) is 4. The average Bonchev–Trinajstić information content (AvgIpc) is 2.24. The summed E-state index contributed by atoms with van der Waals surface area (Å²) in [7, 11) is 0. The van der Waals surface area contributed by atoms with Gasteiger partial charge < -0.3 is 15.3 Å². The number of rotatable bonds is 10. The first-order chi connectivity index (χ1) is 7.66. The van der Waals surface area contributed by atoms with Crippen LogP contribution in [0.25, 0.3) is 0 Å². The Morgan fingerprint density at radius 1 is 1.12 bits per heavy atom. The van der Waals surface area contributed by atoms with E-state index in [1.807, 2.05) is 0 Å². The molecule has 0 aliphatic rings. The molecule has 0 amide bonds. The molecule has 0 fully saturated rings. The van der Waals surface area contributed by atoms with E-state index in [0.29, 0.717) is 6.42 Å². The number of aliphatic hydroxyl groups is 2. The molecule has 0 aromatic heterocycles. The van der Waals surface area contributed by atoms with Gasteiger partial charge in [-0.05, 0) is 12.8 Å². The second-order valence-corrected chi connectivity index (χ2v) is 3.88. The summed E-state index contributed by atoms with van der Waals surface area (Å²) in [6.07, 6.45) is 8.28. The lowest BCUT2D eigenvalue weighted by molar-refractivity contribution is -0.137. The van der Waals surface area contributed by atoms with Crippen molar-refractivity contribution < 1.29 is 20.1 Å². The van der Waals surface area contributed by atoms with Crippen LogP contribution in [0.1, 0.15) is 44.9 Å². The molecule has 0 heterocycles. The zero-order chi connectivity index (χ0) is 12.2. The molecule has 94 valence electrons. The second kappa shape index (κ2) is 10.6. The third-order valence-corrected chi connectivity index (χ3v) is 2.35. The predicted molar refractivity (Wildman–Crippen MR) is 62.2 cm³/mol. The minimum absolute atomic E-state index is 0.0355. The topological polar surface area (TPSA) is 77.8 Å². The molecule has 0 bridgehead atoms. The monoisotopic (exact) mass is 230 g/mol. The van der Waals surface area contributed by atoms with Crippen molar-refractivity contribution in [3.63, 3.8) is 0 Å². The van der Waals surface area contributed by atoms with Crippen molar-refractivity contribution >= 4 is 5.97 Å². The number of hydrogen-bond donors (Lipinski definition) is 3. The summed E-state index contributed by atoms with van der Waals surface area (Å²) < 4.78 is 0. The molecule has 1 atom stereocenters. The predicted octanol–water partition coefficient (Wildman–Crippen LogP) is 1.71. The zero-order valence-corrected chi connectivity index (χ0v) is 9.64. The van der Waals surface area contributed by atoms with Gasteiger partial charge in [-0.15, -0.1) is 0 Å². The lowest BCUT2D eigenvalue weighted by Crippen LogP contribution is -2.01. The number of aliphatic carboxylic acids is 1. The Balaban J connectivity index is 3.20. The molecule has 0 spiro atoms. The van der Waals surface area contributed by atoms with E-state index < -0.39 is 12.1 Å². The van der Waals surface area contributed by atoms with Crippen LogP contribution in [0.3, 0.4) is 0 Å². The van der Waals surface area contributed by atoms with Crippen LogP contribution in [0.2, 0.25) is 0 Å². The first kappa shape index (κ1) is 15.1. The van der Waals surface area contributed by atoms with Crippen molar-refractivity contribution in [3.05, 3.63) is 12.2 Å². The normalized spacial score (nSPS) is 13.1. The van der Waals surface area contributed by atoms with Crippen LogP contribution in [-0.2, 0) is 4.79 Å². The van der Waals surface area contributed by atoms with Crippen molar-refractivity contribution in [2.24, 2.45) is 0 Å². The van der Waals surface area contributed by atoms with Crippen LogP contribution in [0.5, 0.6) is 0 Å². The fourth-order valence-electron chi connectivity index (χ4n) is 1.47. The highest BCUT2D eigenvalue weighted by Gasteiger charge is 1.99. The molecular weight excluding hydrogens is 208 g/mol. The average molecular weight is 230 g/mol. The van der Waals surface area contributed by atoms with E-state index in [0.717, 1.165) is 32.1 Å². The van der Waals surface area contributed by atoms with Crippen LogP contribution in [0.15, 0.2) is 12.2 Å². The van der Waals surface area contributed by atoms with Crippen LogP contribution in [0.4, 0.5) is 0 Å². The summed E-state index contributed by atoms with van der Waals surface area (Å²) in [5, 5.41) is 26.3. The van der Waals surface area contributed by atoms with Crippen molar-refractivity contribution in [1.29, 1.82) is 0 Å². The van der Waals surface area contributed by atoms with Crippen LogP contribution in [0, 0.1) is 0 Å². The maximum Gasteiger partial charge on any atom is 0.303 e. The Morgan fingerprint density at radius 2 is 1.75 bits per heavy atom. The minimum Gasteiger partial charge on any atom is -0.481 e. The first-order valence-corrected chi connectivity index (χ1v) is 5.84. The summed E-state index contributed by atoms with van der Waals surface area (Å²) in [6.45, 7) is -0.0355. The minimum atomic E-state index is -0.732. The molecule has 0 aliphatic carbocycles. The Labute approximate surface area is 96.6 Å². The molecule has 0 aliphatic heterocycles. The van der Waals surface area contributed by atoms with Crippen molar-refractivity contribution in [3.8, 4) is 0 Å². The highest BCUT2D eigenvalue weighted by Crippen LogP contribution is 2.09. The van der Waals surface area contributed by atoms with E-state index in [2.05, 4.69) is 0 Å². The Bertz CT molecular complexity index is 201. The van der Waals surface area contributed by atoms with Gasteiger partial charge in [-0.2, -0.15) is 0 Å². The van der Waals surface area contributed by atoms with Gasteiger partial charge in [-0.1, -0.05) is 37.8 Å². The van der Waals surface area contributed by atoms with E-state index in [1.165, 1.54) is 6.08 Å². The quantitative estimate of drug-likeness (QED) is 0.394. The number of carboxylic acid groups (broad SMARTS) is 1. The summed E-state index contributed by atoms with van der Waals surface area (Å²) in [4.78, 5) is 10.2. The summed E-state index contributed by atoms with van der Waals surface area (Å²) in [5.41, 5.74) is 0. The summed E-state index contributed by atoms with van der Waals surface area (Å²) in [5.74, 6) is -0.732. The lowest BCUT2D eigenvalue weighted by atomic mass is 10.1. The van der Waals surface area contributed by atoms with E-state index in [-0.39, 0.29) is 13.0 Å². The Kier molecular flexibility index (Phi) is 10.1. The molecular formula is C12H22O4. The second-order valence-electron chi connectivity index (χ2n) is 3.88. The largest absolute Gasteiger partial charge is 0.481 e. The SMILES string of the molecule is O=C(O)CCCCCCCC(O)/C=C/CO. The summed E-state index contributed by atoms with van der Waals surface area (Å²) in [6, 6.07) is 0. The molecule has 0 radical (unpaired) electrons. The molecule has 4 heteroatoms. The third-order valence-electron chi connectivity index (χ3n) is 2.35. The number of aliphatic hydroxyl groups excluding tert-OH is 2. The van der Waals surface area contributed by atoms with Crippen LogP contribution < -0.4 is 0 Å². The third kappa shape index (κ3) is 11.2. The van der Waals surface area contributed by atoms with Gasteiger partial charge >= 0.3 is 5.97 Å². The highest BCUT2D eigenvalue weighted by molar-refractivity contribution is 5.66. The number of carbonyl (C=O) groups is 1. The van der Waals surface area contributed by atoms with Gasteiger partial charge in [-0.3, -0.25) is 4.79 Å². The molecule has 16 heavy (non-hydrogen) atoms. The van der Waals surface area contributed by atoms with Gasteiger partial charge in [0.1, 0.15) is 0 Å². The molecule has 1 unspecified atom stereocenters. The molecule has 4 nitrogen and oxygen atoms in total. The van der Waals surface area contributed by atoms with E-state index in [4.69, 9.17) is 10.2 Å². The first-order valence-electron chi connectivity index (χ1n) is 5.84. The van der Waals surface area contributed by atoms with Crippen LogP contribution in [-0.4, -0.2) is 34.0 Å².